The fourth-order valence-corrected chi connectivity index (χ4v) is 4.62. The molecular weight excluding hydrogens is 488 g/mol. The first-order chi connectivity index (χ1) is 15.6. The number of amides is 1. The molecule has 1 amide bonds. The number of hydrogen-bond donors (Lipinski definition) is 0. The summed E-state index contributed by atoms with van der Waals surface area (Å²) in [7, 11) is 0. The quantitative estimate of drug-likeness (QED) is 0.297. The molecule has 0 saturated carbocycles. The fraction of sp³-hybridized carbons (Fsp3) is 0.375. The van der Waals surface area contributed by atoms with Gasteiger partial charge in [0.1, 0.15) is 6.61 Å². The van der Waals surface area contributed by atoms with Gasteiger partial charge in [-0.2, -0.15) is 5.26 Å². The number of thioether (sulfide) groups is 1. The van der Waals surface area contributed by atoms with Crippen LogP contribution < -0.4 is 0 Å². The van der Waals surface area contributed by atoms with Gasteiger partial charge in [0.05, 0.1) is 0 Å². The Hall–Kier alpha value is -2.50. The number of benzene rings is 2. The van der Waals surface area contributed by atoms with Crippen LogP contribution in [0.15, 0.2) is 64.1 Å². The van der Waals surface area contributed by atoms with Gasteiger partial charge in [-0.05, 0) is 48.8 Å². The van der Waals surface area contributed by atoms with Crippen molar-refractivity contribution in [3.8, 4) is 6.19 Å². The molecule has 0 bridgehead atoms. The molecule has 0 unspecified atom stereocenters. The molecule has 0 aromatic heterocycles. The summed E-state index contributed by atoms with van der Waals surface area (Å²) in [5.74, 6) is 0. The second-order valence-electron chi connectivity index (χ2n) is 7.53. The van der Waals surface area contributed by atoms with Gasteiger partial charge in [0, 0.05) is 30.1 Å². The number of aliphatic imine (C=N–C) groups is 1. The van der Waals surface area contributed by atoms with Gasteiger partial charge in [-0.25, -0.2) is 4.79 Å². The summed E-state index contributed by atoms with van der Waals surface area (Å²) in [6.07, 6.45) is 5.91. The minimum atomic E-state index is -0.278. The molecule has 168 valence electrons. The van der Waals surface area contributed by atoms with Crippen LogP contribution in [-0.2, 0) is 17.8 Å². The number of nitrogens with zero attached hydrogens (tertiary/aromatic N) is 4. The maximum Gasteiger partial charge on any atom is 0.410 e. The van der Waals surface area contributed by atoms with E-state index in [0.29, 0.717) is 6.54 Å². The molecule has 1 heterocycles. The van der Waals surface area contributed by atoms with Crippen LogP contribution in [0.5, 0.6) is 0 Å². The van der Waals surface area contributed by atoms with Crippen molar-refractivity contribution in [3.05, 3.63) is 70.2 Å². The zero-order valence-electron chi connectivity index (χ0n) is 18.1. The standard InChI is InChI=1S/C24H27BrN4O2S/c1-32-23(27-18-26)28-14-12-22(13-15-28)29(16-11-19-7-9-21(25)10-8-19)24(30)31-17-20-5-3-2-4-6-20/h2-10,22H,11-17H2,1H3. The Morgan fingerprint density at radius 3 is 2.50 bits per heavy atom. The topological polar surface area (TPSA) is 68.9 Å². The maximum absolute atomic E-state index is 13.1. The Kier molecular flexibility index (Phi) is 9.44. The Balaban J connectivity index is 1.65. The van der Waals surface area contributed by atoms with Crippen molar-refractivity contribution in [2.45, 2.75) is 31.9 Å². The molecular formula is C24H27BrN4O2S. The molecule has 32 heavy (non-hydrogen) atoms. The van der Waals surface area contributed by atoms with Crippen molar-refractivity contribution in [2.75, 3.05) is 25.9 Å². The average molecular weight is 515 g/mol. The van der Waals surface area contributed by atoms with E-state index in [9.17, 15) is 4.79 Å². The van der Waals surface area contributed by atoms with E-state index in [1.165, 1.54) is 17.3 Å². The van der Waals surface area contributed by atoms with E-state index in [0.717, 1.165) is 47.6 Å². The average Bonchev–Trinajstić information content (AvgIpc) is 2.83. The Labute approximate surface area is 202 Å². The monoisotopic (exact) mass is 514 g/mol. The van der Waals surface area contributed by atoms with Crippen LogP contribution in [0.2, 0.25) is 0 Å². The second-order valence-corrected chi connectivity index (χ2v) is 9.22. The number of piperidine rings is 1. The summed E-state index contributed by atoms with van der Waals surface area (Å²) in [4.78, 5) is 21.0. The third-order valence-corrected chi connectivity index (χ3v) is 6.74. The fourth-order valence-electron chi connectivity index (χ4n) is 3.78. The molecule has 8 heteroatoms. The van der Waals surface area contributed by atoms with Crippen molar-refractivity contribution < 1.29 is 9.53 Å². The molecule has 1 aliphatic heterocycles. The summed E-state index contributed by atoms with van der Waals surface area (Å²) < 4.78 is 6.72. The highest BCUT2D eigenvalue weighted by Gasteiger charge is 2.30. The third-order valence-electron chi connectivity index (χ3n) is 5.50. The molecule has 2 aromatic carbocycles. The van der Waals surface area contributed by atoms with E-state index in [2.05, 4.69) is 38.0 Å². The zero-order chi connectivity index (χ0) is 22.8. The van der Waals surface area contributed by atoms with Gasteiger partial charge in [-0.15, -0.1) is 4.99 Å². The normalized spacial score (nSPS) is 14.7. The molecule has 0 radical (unpaired) electrons. The molecule has 2 aromatic rings. The van der Waals surface area contributed by atoms with Crippen LogP contribution in [0.25, 0.3) is 0 Å². The first-order valence-electron chi connectivity index (χ1n) is 10.6. The molecule has 3 rings (SSSR count). The Morgan fingerprint density at radius 1 is 1.19 bits per heavy atom. The van der Waals surface area contributed by atoms with Crippen molar-refractivity contribution in [3.63, 3.8) is 0 Å². The largest absolute Gasteiger partial charge is 0.445 e. The van der Waals surface area contributed by atoms with Crippen molar-refractivity contribution in [2.24, 2.45) is 4.99 Å². The number of ether oxygens (including phenoxy) is 1. The lowest BCUT2D eigenvalue weighted by Gasteiger charge is -2.38. The predicted molar refractivity (Wildman–Crippen MR) is 132 cm³/mol. The Bertz CT molecular complexity index is 939. The molecule has 1 saturated heterocycles. The van der Waals surface area contributed by atoms with Gasteiger partial charge in [-0.3, -0.25) is 0 Å². The summed E-state index contributed by atoms with van der Waals surface area (Å²) in [6.45, 7) is 2.37. The number of rotatable bonds is 6. The number of nitriles is 1. The van der Waals surface area contributed by atoms with Crippen LogP contribution in [0.3, 0.4) is 0 Å². The van der Waals surface area contributed by atoms with Gasteiger partial charge in [0.2, 0.25) is 6.19 Å². The summed E-state index contributed by atoms with van der Waals surface area (Å²) in [5.41, 5.74) is 2.15. The molecule has 0 spiro atoms. The van der Waals surface area contributed by atoms with E-state index >= 15 is 0 Å². The molecule has 6 nitrogen and oxygen atoms in total. The zero-order valence-corrected chi connectivity index (χ0v) is 20.5. The molecule has 1 aliphatic rings. The first-order valence-corrected chi connectivity index (χ1v) is 12.6. The highest BCUT2D eigenvalue weighted by molar-refractivity contribution is 9.10. The van der Waals surface area contributed by atoms with Gasteiger partial charge in [0.15, 0.2) is 5.17 Å². The molecule has 1 fully saturated rings. The van der Waals surface area contributed by atoms with E-state index in [1.54, 1.807) is 0 Å². The number of hydrogen-bond acceptors (Lipinski definition) is 5. The Morgan fingerprint density at radius 2 is 1.88 bits per heavy atom. The highest BCUT2D eigenvalue weighted by Crippen LogP contribution is 2.21. The van der Waals surface area contributed by atoms with E-state index < -0.39 is 0 Å². The minimum absolute atomic E-state index is 0.0927. The van der Waals surface area contributed by atoms with Crippen molar-refractivity contribution in [1.82, 2.24) is 9.80 Å². The maximum atomic E-state index is 13.1. The van der Waals surface area contributed by atoms with E-state index in [-0.39, 0.29) is 18.7 Å². The smallest absolute Gasteiger partial charge is 0.410 e. The summed E-state index contributed by atoms with van der Waals surface area (Å²) in [5, 5.41) is 9.65. The number of carbonyl (C=O) groups is 1. The lowest BCUT2D eigenvalue weighted by atomic mass is 10.0. The van der Waals surface area contributed by atoms with E-state index in [1.807, 2.05) is 59.8 Å². The van der Waals surface area contributed by atoms with E-state index in [4.69, 9.17) is 10.00 Å². The molecule has 0 atom stereocenters. The van der Waals surface area contributed by atoms with Crippen molar-refractivity contribution >= 4 is 39.0 Å². The number of halogens is 1. The summed E-state index contributed by atoms with van der Waals surface area (Å²) >= 11 is 4.94. The minimum Gasteiger partial charge on any atom is -0.445 e. The van der Waals surface area contributed by atoms with Crippen LogP contribution in [0.4, 0.5) is 4.79 Å². The van der Waals surface area contributed by atoms with Gasteiger partial charge in [-0.1, -0.05) is 70.2 Å². The first kappa shape index (κ1) is 24.1. The molecule has 0 aliphatic carbocycles. The number of likely N-dealkylation sites (tertiary alicyclic amines) is 1. The highest BCUT2D eigenvalue weighted by atomic mass is 79.9. The van der Waals surface area contributed by atoms with Gasteiger partial charge >= 0.3 is 6.09 Å². The predicted octanol–water partition coefficient (Wildman–Crippen LogP) is 5.29. The van der Waals surface area contributed by atoms with Crippen LogP contribution in [-0.4, -0.2) is 53.0 Å². The second kappa shape index (κ2) is 12.5. The SMILES string of the molecule is CSC(=NC#N)N1CCC(N(CCc2ccc(Br)cc2)C(=O)OCc2ccccc2)CC1. The van der Waals surface area contributed by atoms with Crippen LogP contribution in [0.1, 0.15) is 24.0 Å². The lowest BCUT2D eigenvalue weighted by molar-refractivity contribution is 0.0684. The van der Waals surface area contributed by atoms with Gasteiger partial charge in [0.25, 0.3) is 0 Å². The molecule has 0 N–H and O–H groups in total. The van der Waals surface area contributed by atoms with Gasteiger partial charge < -0.3 is 14.5 Å². The number of amidine groups is 1. The summed E-state index contributed by atoms with van der Waals surface area (Å²) in [6, 6.07) is 18.0. The van der Waals surface area contributed by atoms with Crippen molar-refractivity contribution in [1.29, 1.82) is 5.26 Å². The third kappa shape index (κ3) is 7.01. The number of carbonyl (C=O) groups excluding carboxylic acids is 1. The van der Waals surface area contributed by atoms with Crippen LogP contribution >= 0.6 is 27.7 Å². The lowest BCUT2D eigenvalue weighted by Crippen LogP contribution is -2.49. The van der Waals surface area contributed by atoms with Crippen LogP contribution in [0, 0.1) is 11.5 Å².